The highest BCUT2D eigenvalue weighted by Gasteiger charge is 2.18. The Morgan fingerprint density at radius 2 is 1.92 bits per heavy atom. The molecule has 0 radical (unpaired) electrons. The van der Waals surface area contributed by atoms with Crippen LogP contribution in [0.1, 0.15) is 18.1 Å². The van der Waals surface area contributed by atoms with Crippen molar-refractivity contribution in [2.75, 3.05) is 7.05 Å². The zero-order chi connectivity index (χ0) is 8.55. The van der Waals surface area contributed by atoms with Gasteiger partial charge >= 0.3 is 0 Å². The van der Waals surface area contributed by atoms with E-state index in [0.717, 1.165) is 6.54 Å². The van der Waals surface area contributed by atoms with Gasteiger partial charge in [0, 0.05) is 12.6 Å². The zero-order valence-electron chi connectivity index (χ0n) is 7.75. The molecular weight excluding hydrogens is 146 g/mol. The van der Waals surface area contributed by atoms with E-state index in [4.69, 9.17) is 0 Å². The van der Waals surface area contributed by atoms with Gasteiger partial charge in [-0.25, -0.2) is 0 Å². The third kappa shape index (κ3) is 1.25. The van der Waals surface area contributed by atoms with E-state index in [0.29, 0.717) is 6.04 Å². The van der Waals surface area contributed by atoms with Gasteiger partial charge in [0.05, 0.1) is 0 Å². The van der Waals surface area contributed by atoms with Crippen LogP contribution in [0.4, 0.5) is 0 Å². The van der Waals surface area contributed by atoms with Crippen molar-refractivity contribution in [1.82, 2.24) is 4.90 Å². The summed E-state index contributed by atoms with van der Waals surface area (Å²) in [6, 6.07) is 9.44. The summed E-state index contributed by atoms with van der Waals surface area (Å²) >= 11 is 0. The molecule has 0 aliphatic carbocycles. The van der Waals surface area contributed by atoms with Gasteiger partial charge in [0.1, 0.15) is 0 Å². The maximum absolute atomic E-state index is 2.41. The number of nitrogens with zero attached hydrogens (tertiary/aromatic N) is 1. The smallest absolute Gasteiger partial charge is 0.0236 e. The Balaban J connectivity index is 2.34. The van der Waals surface area contributed by atoms with Gasteiger partial charge in [0.2, 0.25) is 0 Å². The molecule has 0 N–H and O–H groups in total. The normalized spacial score (nSPS) is 23.7. The van der Waals surface area contributed by atoms with Crippen molar-refractivity contribution in [1.29, 1.82) is 0 Å². The lowest BCUT2D eigenvalue weighted by Gasteiger charge is -2.31. The van der Waals surface area contributed by atoms with Crippen molar-refractivity contribution in [2.24, 2.45) is 0 Å². The number of hydrogen-bond donors (Lipinski definition) is 0. The van der Waals surface area contributed by atoms with E-state index in [9.17, 15) is 0 Å². The summed E-state index contributed by atoms with van der Waals surface area (Å²) in [5.74, 6) is 0. The van der Waals surface area contributed by atoms with Crippen LogP contribution in [0.3, 0.4) is 0 Å². The van der Waals surface area contributed by atoms with E-state index in [-0.39, 0.29) is 0 Å². The Kier molecular flexibility index (Phi) is 1.89. The average molecular weight is 161 g/mol. The molecule has 1 aliphatic rings. The summed E-state index contributed by atoms with van der Waals surface area (Å²) in [6.45, 7) is 3.40. The van der Waals surface area contributed by atoms with Crippen LogP contribution >= 0.6 is 0 Å². The molecule has 1 aromatic rings. The third-order valence-electron chi connectivity index (χ3n) is 2.81. The van der Waals surface area contributed by atoms with Gasteiger partial charge in [0.25, 0.3) is 0 Å². The second-order valence-electron chi connectivity index (χ2n) is 3.74. The lowest BCUT2D eigenvalue weighted by molar-refractivity contribution is 0.231. The van der Waals surface area contributed by atoms with Gasteiger partial charge in [-0.2, -0.15) is 0 Å². The fraction of sp³-hybridized carbons (Fsp3) is 0.455. The minimum absolute atomic E-state index is 0.694. The molecule has 12 heavy (non-hydrogen) atoms. The predicted molar refractivity (Wildman–Crippen MR) is 51.1 cm³/mol. The third-order valence-corrected chi connectivity index (χ3v) is 2.81. The topological polar surface area (TPSA) is 3.24 Å². The molecule has 1 heterocycles. The molecule has 1 atom stereocenters. The van der Waals surface area contributed by atoms with Crippen molar-refractivity contribution in [3.63, 3.8) is 0 Å². The summed E-state index contributed by atoms with van der Waals surface area (Å²) in [7, 11) is 2.20. The number of fused-ring (bicyclic) bond motifs is 1. The van der Waals surface area contributed by atoms with Crippen LogP contribution in [0.2, 0.25) is 0 Å². The van der Waals surface area contributed by atoms with Gasteiger partial charge in [-0.05, 0) is 31.5 Å². The quantitative estimate of drug-likeness (QED) is 0.563. The fourth-order valence-electron chi connectivity index (χ4n) is 1.81. The Labute approximate surface area is 74.0 Å². The molecule has 0 saturated carbocycles. The Morgan fingerprint density at radius 1 is 1.25 bits per heavy atom. The van der Waals surface area contributed by atoms with Crippen LogP contribution in [0.5, 0.6) is 0 Å². The maximum atomic E-state index is 2.41. The monoisotopic (exact) mass is 161 g/mol. The maximum Gasteiger partial charge on any atom is 0.0236 e. The highest BCUT2D eigenvalue weighted by molar-refractivity contribution is 5.29. The summed E-state index contributed by atoms with van der Waals surface area (Å²) in [5.41, 5.74) is 3.03. The molecule has 1 aliphatic heterocycles. The molecule has 0 fully saturated rings. The molecule has 1 heteroatoms. The molecule has 0 saturated heterocycles. The van der Waals surface area contributed by atoms with E-state index >= 15 is 0 Å². The van der Waals surface area contributed by atoms with Crippen molar-refractivity contribution < 1.29 is 0 Å². The van der Waals surface area contributed by atoms with Gasteiger partial charge in [-0.3, -0.25) is 4.90 Å². The SMILES string of the molecule is C[C@H]1Cc2ccccc2CN1C. The first-order valence-electron chi connectivity index (χ1n) is 4.54. The lowest BCUT2D eigenvalue weighted by atomic mass is 9.96. The first-order valence-corrected chi connectivity index (χ1v) is 4.54. The van der Waals surface area contributed by atoms with E-state index in [1.54, 1.807) is 0 Å². The second-order valence-corrected chi connectivity index (χ2v) is 3.74. The number of benzene rings is 1. The summed E-state index contributed by atoms with van der Waals surface area (Å²) in [5, 5.41) is 0. The first-order chi connectivity index (χ1) is 5.77. The van der Waals surface area contributed by atoms with Crippen molar-refractivity contribution in [3.8, 4) is 0 Å². The molecule has 0 amide bonds. The summed E-state index contributed by atoms with van der Waals surface area (Å²) in [6.07, 6.45) is 1.20. The Bertz CT molecular complexity index is 251. The van der Waals surface area contributed by atoms with E-state index < -0.39 is 0 Å². The van der Waals surface area contributed by atoms with Crippen LogP contribution in [-0.4, -0.2) is 18.0 Å². The van der Waals surface area contributed by atoms with Crippen molar-refractivity contribution in [3.05, 3.63) is 35.4 Å². The van der Waals surface area contributed by atoms with E-state index in [1.807, 2.05) is 0 Å². The molecule has 0 unspecified atom stereocenters. The van der Waals surface area contributed by atoms with Gasteiger partial charge < -0.3 is 0 Å². The molecule has 1 nitrogen and oxygen atoms in total. The van der Waals surface area contributed by atoms with Crippen LogP contribution < -0.4 is 0 Å². The van der Waals surface area contributed by atoms with Gasteiger partial charge in [0.15, 0.2) is 0 Å². The molecule has 1 aromatic carbocycles. The first kappa shape index (κ1) is 7.81. The Hall–Kier alpha value is -0.820. The minimum Gasteiger partial charge on any atom is -0.299 e. The van der Waals surface area contributed by atoms with Crippen LogP contribution in [0, 0.1) is 0 Å². The van der Waals surface area contributed by atoms with E-state index in [1.165, 1.54) is 17.5 Å². The lowest BCUT2D eigenvalue weighted by Crippen LogP contribution is -2.34. The highest BCUT2D eigenvalue weighted by Crippen LogP contribution is 2.20. The molecule has 0 spiro atoms. The standard InChI is InChI=1S/C11H15N/c1-9-7-10-5-3-4-6-11(10)8-12(9)2/h3-6,9H,7-8H2,1-2H3/t9-/m0/s1. The van der Waals surface area contributed by atoms with Crippen LogP contribution in [0.25, 0.3) is 0 Å². The number of hydrogen-bond acceptors (Lipinski definition) is 1. The average Bonchev–Trinajstić information content (AvgIpc) is 2.07. The molecule has 0 aromatic heterocycles. The molecule has 0 bridgehead atoms. The molecule has 2 rings (SSSR count). The summed E-state index contributed by atoms with van der Waals surface area (Å²) in [4.78, 5) is 2.41. The van der Waals surface area contributed by atoms with E-state index in [2.05, 4.69) is 43.1 Å². The minimum atomic E-state index is 0.694. The fourth-order valence-corrected chi connectivity index (χ4v) is 1.81. The largest absolute Gasteiger partial charge is 0.299 e. The van der Waals surface area contributed by atoms with Crippen LogP contribution in [0.15, 0.2) is 24.3 Å². The zero-order valence-corrected chi connectivity index (χ0v) is 7.75. The van der Waals surface area contributed by atoms with Gasteiger partial charge in [-0.1, -0.05) is 24.3 Å². The summed E-state index contributed by atoms with van der Waals surface area (Å²) < 4.78 is 0. The highest BCUT2D eigenvalue weighted by atomic mass is 15.1. The molecular formula is C11H15N. The Morgan fingerprint density at radius 3 is 2.67 bits per heavy atom. The van der Waals surface area contributed by atoms with Crippen molar-refractivity contribution in [2.45, 2.75) is 25.9 Å². The second kappa shape index (κ2) is 2.91. The number of likely N-dealkylation sites (N-methyl/N-ethyl adjacent to an activating group) is 1. The molecule has 64 valence electrons. The number of rotatable bonds is 0. The van der Waals surface area contributed by atoms with Crippen molar-refractivity contribution >= 4 is 0 Å². The predicted octanol–water partition coefficient (Wildman–Crippen LogP) is 2.06. The van der Waals surface area contributed by atoms with Crippen LogP contribution in [-0.2, 0) is 13.0 Å². The van der Waals surface area contributed by atoms with Gasteiger partial charge in [-0.15, -0.1) is 0 Å².